The number of amides is 1. The fourth-order valence-electron chi connectivity index (χ4n) is 3.14. The van der Waals surface area contributed by atoms with Gasteiger partial charge in [0.05, 0.1) is 0 Å². The molecule has 1 saturated heterocycles. The van der Waals surface area contributed by atoms with E-state index in [0.29, 0.717) is 17.5 Å². The van der Waals surface area contributed by atoms with E-state index in [1.54, 1.807) is 6.07 Å². The minimum Gasteiger partial charge on any atom is -0.382 e. The molecule has 1 aromatic carbocycles. The van der Waals surface area contributed by atoms with Crippen molar-refractivity contribution in [3.63, 3.8) is 0 Å². The second kappa shape index (κ2) is 7.46. The lowest BCUT2D eigenvalue weighted by Gasteiger charge is -2.35. The first-order chi connectivity index (χ1) is 10.1. The molecule has 1 aromatic rings. The summed E-state index contributed by atoms with van der Waals surface area (Å²) in [5.74, 6) is 0.314. The molecule has 116 valence electrons. The molecule has 1 aliphatic heterocycles. The molecule has 4 nitrogen and oxygen atoms in total. The topological polar surface area (TPSA) is 58.4 Å². The zero-order valence-electron chi connectivity index (χ0n) is 13.1. The number of rotatable bonds is 6. The van der Waals surface area contributed by atoms with Crippen LogP contribution >= 0.6 is 0 Å². The lowest BCUT2D eigenvalue weighted by atomic mass is 9.90. The van der Waals surface area contributed by atoms with Gasteiger partial charge in [-0.1, -0.05) is 13.0 Å². The summed E-state index contributed by atoms with van der Waals surface area (Å²) in [6.45, 7) is 8.09. The van der Waals surface area contributed by atoms with Gasteiger partial charge >= 0.3 is 0 Å². The summed E-state index contributed by atoms with van der Waals surface area (Å²) in [7, 11) is 0. The Bertz CT molecular complexity index is 467. The summed E-state index contributed by atoms with van der Waals surface area (Å²) in [6, 6.07) is 7.87. The van der Waals surface area contributed by atoms with Crippen molar-refractivity contribution < 1.29 is 4.79 Å². The summed E-state index contributed by atoms with van der Waals surface area (Å²) in [5.41, 5.74) is 6.87. The van der Waals surface area contributed by atoms with Crippen molar-refractivity contribution in [3.8, 4) is 0 Å². The predicted octanol–water partition coefficient (Wildman–Crippen LogP) is 2.71. The van der Waals surface area contributed by atoms with Gasteiger partial charge in [0.25, 0.3) is 0 Å². The molecule has 4 heteroatoms. The number of carbonyl (C=O) groups excluding carboxylic acids is 1. The Balaban J connectivity index is 1.88. The highest BCUT2D eigenvalue weighted by Crippen LogP contribution is 2.23. The van der Waals surface area contributed by atoms with Gasteiger partial charge in [-0.3, -0.25) is 4.79 Å². The maximum atomic E-state index is 11.2. The van der Waals surface area contributed by atoms with Gasteiger partial charge in [0.15, 0.2) is 0 Å². The van der Waals surface area contributed by atoms with Crippen LogP contribution in [0.4, 0.5) is 5.69 Å². The third-order valence-corrected chi connectivity index (χ3v) is 4.42. The highest BCUT2D eigenvalue weighted by atomic mass is 16.1. The highest BCUT2D eigenvalue weighted by molar-refractivity contribution is 5.93. The van der Waals surface area contributed by atoms with Crippen LogP contribution in [0.5, 0.6) is 0 Å². The number of piperidine rings is 1. The Morgan fingerprint density at radius 3 is 2.76 bits per heavy atom. The Labute approximate surface area is 127 Å². The number of primary amides is 1. The summed E-state index contributed by atoms with van der Waals surface area (Å²) in [5, 5.41) is 3.53. The third-order valence-electron chi connectivity index (χ3n) is 4.42. The van der Waals surface area contributed by atoms with Crippen molar-refractivity contribution in [3.05, 3.63) is 29.8 Å². The van der Waals surface area contributed by atoms with Crippen LogP contribution in [0.2, 0.25) is 0 Å². The quantitative estimate of drug-likeness (QED) is 0.846. The number of likely N-dealkylation sites (tertiary alicyclic amines) is 1. The molecule has 3 N–H and O–H groups in total. The minimum absolute atomic E-state index is 0.376. The van der Waals surface area contributed by atoms with E-state index < -0.39 is 0 Å². The van der Waals surface area contributed by atoms with Gasteiger partial charge in [-0.15, -0.1) is 0 Å². The number of hydrogen-bond acceptors (Lipinski definition) is 3. The molecule has 21 heavy (non-hydrogen) atoms. The summed E-state index contributed by atoms with van der Waals surface area (Å²) < 4.78 is 0. The zero-order valence-corrected chi connectivity index (χ0v) is 13.1. The summed E-state index contributed by atoms with van der Waals surface area (Å²) >= 11 is 0. The lowest BCUT2D eigenvalue weighted by molar-refractivity contribution is 0.100. The van der Waals surface area contributed by atoms with Crippen molar-refractivity contribution in [2.75, 3.05) is 25.0 Å². The average molecular weight is 289 g/mol. The summed E-state index contributed by atoms with van der Waals surface area (Å²) in [6.07, 6.45) is 3.71. The van der Waals surface area contributed by atoms with Crippen molar-refractivity contribution in [1.82, 2.24) is 4.90 Å². The van der Waals surface area contributed by atoms with Gasteiger partial charge in [0.1, 0.15) is 0 Å². The minimum atomic E-state index is -0.376. The second-order valence-corrected chi connectivity index (χ2v) is 6.06. The average Bonchev–Trinajstić information content (AvgIpc) is 2.48. The number of carbonyl (C=O) groups is 1. The molecule has 0 aliphatic carbocycles. The molecular weight excluding hydrogens is 262 g/mol. The normalized spacial score (nSPS) is 18.4. The lowest BCUT2D eigenvalue weighted by Crippen LogP contribution is -2.39. The first-order valence-electron chi connectivity index (χ1n) is 7.99. The highest BCUT2D eigenvalue weighted by Gasteiger charge is 2.23. The Morgan fingerprint density at radius 2 is 2.14 bits per heavy atom. The maximum absolute atomic E-state index is 11.2. The van der Waals surface area contributed by atoms with Crippen molar-refractivity contribution >= 4 is 11.6 Å². The Morgan fingerprint density at radius 1 is 1.43 bits per heavy atom. The molecule has 0 bridgehead atoms. The van der Waals surface area contributed by atoms with Gasteiger partial charge in [-0.2, -0.15) is 0 Å². The van der Waals surface area contributed by atoms with Crippen LogP contribution in [0, 0.1) is 5.92 Å². The van der Waals surface area contributed by atoms with Crippen LogP contribution in [-0.2, 0) is 0 Å². The molecule has 0 spiro atoms. The van der Waals surface area contributed by atoms with Crippen molar-refractivity contribution in [1.29, 1.82) is 0 Å². The molecule has 0 radical (unpaired) electrons. The third kappa shape index (κ3) is 4.46. The second-order valence-electron chi connectivity index (χ2n) is 6.06. The number of anilines is 1. The maximum Gasteiger partial charge on any atom is 0.248 e. The number of benzene rings is 1. The van der Waals surface area contributed by atoms with Crippen LogP contribution in [0.1, 0.15) is 43.5 Å². The number of hydrogen-bond donors (Lipinski definition) is 2. The largest absolute Gasteiger partial charge is 0.382 e. The molecule has 2 rings (SSSR count). The Kier molecular flexibility index (Phi) is 5.62. The van der Waals surface area contributed by atoms with E-state index in [9.17, 15) is 4.79 Å². The number of nitrogens with one attached hydrogen (secondary N) is 1. The van der Waals surface area contributed by atoms with Crippen molar-refractivity contribution in [2.45, 2.75) is 39.2 Å². The molecule has 1 aliphatic rings. The van der Waals surface area contributed by atoms with E-state index in [-0.39, 0.29) is 5.91 Å². The number of nitrogens with two attached hydrogens (primary N) is 1. The fraction of sp³-hybridized carbons (Fsp3) is 0.588. The molecular formula is C17H27N3O. The van der Waals surface area contributed by atoms with E-state index in [4.69, 9.17) is 5.73 Å². The van der Waals surface area contributed by atoms with Gasteiger partial charge in [-0.05, 0) is 69.9 Å². The SMILES string of the molecule is CCCN1CCC(C(C)Nc2cccc(C(N)=O)c2)CC1. The van der Waals surface area contributed by atoms with E-state index in [0.717, 1.165) is 5.69 Å². The number of nitrogens with zero attached hydrogens (tertiary/aromatic N) is 1. The standard InChI is InChI=1S/C17H27N3O/c1-3-9-20-10-7-14(8-11-20)13(2)19-16-6-4-5-15(12-16)17(18)21/h4-6,12-14,19H,3,7-11H2,1-2H3,(H2,18,21). The van der Waals surface area contributed by atoms with E-state index in [2.05, 4.69) is 24.1 Å². The van der Waals surface area contributed by atoms with E-state index in [1.807, 2.05) is 18.2 Å². The molecule has 1 heterocycles. The van der Waals surface area contributed by atoms with Crippen LogP contribution in [0.15, 0.2) is 24.3 Å². The molecule has 0 saturated carbocycles. The molecule has 1 unspecified atom stereocenters. The first kappa shape index (κ1) is 15.8. The monoisotopic (exact) mass is 289 g/mol. The molecule has 1 atom stereocenters. The van der Waals surface area contributed by atoms with Gasteiger partial charge in [-0.25, -0.2) is 0 Å². The first-order valence-corrected chi connectivity index (χ1v) is 7.99. The van der Waals surface area contributed by atoms with E-state index in [1.165, 1.54) is 38.9 Å². The smallest absolute Gasteiger partial charge is 0.248 e. The van der Waals surface area contributed by atoms with Crippen molar-refractivity contribution in [2.24, 2.45) is 11.7 Å². The fourth-order valence-corrected chi connectivity index (χ4v) is 3.14. The van der Waals surface area contributed by atoms with E-state index >= 15 is 0 Å². The molecule has 0 aromatic heterocycles. The predicted molar refractivity (Wildman–Crippen MR) is 87.5 cm³/mol. The summed E-state index contributed by atoms with van der Waals surface area (Å²) in [4.78, 5) is 13.8. The van der Waals surface area contributed by atoms with Crippen LogP contribution in [-0.4, -0.2) is 36.5 Å². The molecule has 1 fully saturated rings. The molecule has 1 amide bonds. The van der Waals surface area contributed by atoms with Gasteiger partial charge in [0.2, 0.25) is 5.91 Å². The van der Waals surface area contributed by atoms with Crippen LogP contribution in [0.25, 0.3) is 0 Å². The van der Waals surface area contributed by atoms with Gasteiger partial charge in [0, 0.05) is 17.3 Å². The van der Waals surface area contributed by atoms with Crippen LogP contribution < -0.4 is 11.1 Å². The Hall–Kier alpha value is -1.55. The van der Waals surface area contributed by atoms with Crippen LogP contribution in [0.3, 0.4) is 0 Å². The zero-order chi connectivity index (χ0) is 15.2. The van der Waals surface area contributed by atoms with Gasteiger partial charge < -0.3 is 16.0 Å².